The highest BCUT2D eigenvalue weighted by Crippen LogP contribution is 2.31. The van der Waals surface area contributed by atoms with Crippen molar-refractivity contribution in [2.75, 3.05) is 18.9 Å². The molecule has 1 aromatic rings. The minimum Gasteiger partial charge on any atom is -0.504 e. The molecule has 2 rings (SSSR count). The van der Waals surface area contributed by atoms with Crippen molar-refractivity contribution in [1.82, 2.24) is 5.32 Å². The fraction of sp³-hybridized carbons (Fsp3) is 0.375. The largest absolute Gasteiger partial charge is 0.504 e. The maximum Gasteiger partial charge on any atom is 0.207 e. The van der Waals surface area contributed by atoms with E-state index in [1.54, 1.807) is 7.05 Å². The first-order valence-electron chi connectivity index (χ1n) is 4.00. The van der Waals surface area contributed by atoms with Gasteiger partial charge in [0, 0.05) is 6.54 Å². The number of carbonyl (C=O) groups is 1. The minimum atomic E-state index is -0.295. The van der Waals surface area contributed by atoms with E-state index in [1.165, 1.54) is 0 Å². The van der Waals surface area contributed by atoms with E-state index < -0.39 is 0 Å². The first kappa shape index (κ1) is 8.12. The van der Waals surface area contributed by atoms with Crippen LogP contribution in [0.3, 0.4) is 0 Å². The number of carbonyl (C=O) groups excluding carboxylic acids is 1. The number of ketones is 1. The molecule has 2 heterocycles. The van der Waals surface area contributed by atoms with Crippen molar-refractivity contribution in [3.63, 3.8) is 0 Å². The van der Waals surface area contributed by atoms with Gasteiger partial charge < -0.3 is 20.2 Å². The lowest BCUT2D eigenvalue weighted by Crippen LogP contribution is -2.43. The van der Waals surface area contributed by atoms with Gasteiger partial charge in [0.25, 0.3) is 0 Å². The standard InChI is InChI=1S/C8H10N2O3/c1-9-4-2-10-8-6(7(4)12)5(11)3-13-8/h3-4,9-11H,2H2,1H3. The summed E-state index contributed by atoms with van der Waals surface area (Å²) in [6.45, 7) is 0.481. The highest BCUT2D eigenvalue weighted by Gasteiger charge is 2.31. The molecule has 0 saturated carbocycles. The van der Waals surface area contributed by atoms with Gasteiger partial charge in [0.2, 0.25) is 5.88 Å². The number of aromatic hydroxyl groups is 1. The second-order valence-electron chi connectivity index (χ2n) is 2.91. The molecule has 1 aliphatic heterocycles. The summed E-state index contributed by atoms with van der Waals surface area (Å²) < 4.78 is 4.94. The second kappa shape index (κ2) is 2.77. The molecule has 13 heavy (non-hydrogen) atoms. The zero-order chi connectivity index (χ0) is 9.42. The Morgan fingerprint density at radius 2 is 2.54 bits per heavy atom. The summed E-state index contributed by atoms with van der Waals surface area (Å²) in [6, 6.07) is -0.295. The third-order valence-corrected chi connectivity index (χ3v) is 2.15. The molecule has 0 spiro atoms. The van der Waals surface area contributed by atoms with Crippen LogP contribution in [0.15, 0.2) is 10.7 Å². The van der Waals surface area contributed by atoms with Gasteiger partial charge >= 0.3 is 0 Å². The van der Waals surface area contributed by atoms with E-state index in [1.807, 2.05) is 0 Å². The molecule has 1 aliphatic rings. The maximum absolute atomic E-state index is 11.6. The molecule has 70 valence electrons. The van der Waals surface area contributed by atoms with Gasteiger partial charge in [-0.2, -0.15) is 0 Å². The first-order chi connectivity index (χ1) is 6.24. The Morgan fingerprint density at radius 3 is 3.23 bits per heavy atom. The maximum atomic E-state index is 11.6. The fourth-order valence-corrected chi connectivity index (χ4v) is 1.41. The Labute approximate surface area is 74.7 Å². The molecule has 0 bridgehead atoms. The number of nitrogens with one attached hydrogen (secondary N) is 2. The van der Waals surface area contributed by atoms with Crippen LogP contribution in [-0.2, 0) is 0 Å². The van der Waals surface area contributed by atoms with Crippen LogP contribution in [0.2, 0.25) is 0 Å². The molecule has 0 radical (unpaired) electrons. The Balaban J connectivity index is 2.43. The highest BCUT2D eigenvalue weighted by molar-refractivity contribution is 6.07. The summed E-state index contributed by atoms with van der Waals surface area (Å²) in [7, 11) is 1.70. The van der Waals surface area contributed by atoms with Crippen molar-refractivity contribution in [1.29, 1.82) is 0 Å². The van der Waals surface area contributed by atoms with Gasteiger partial charge in [-0.05, 0) is 7.05 Å². The SMILES string of the molecule is CNC1CNc2occ(O)c2C1=O. The van der Waals surface area contributed by atoms with Gasteiger partial charge in [-0.25, -0.2) is 0 Å². The van der Waals surface area contributed by atoms with Crippen LogP contribution in [0.25, 0.3) is 0 Å². The van der Waals surface area contributed by atoms with Crippen molar-refractivity contribution in [2.24, 2.45) is 0 Å². The van der Waals surface area contributed by atoms with E-state index in [0.29, 0.717) is 12.4 Å². The van der Waals surface area contributed by atoms with Crippen LogP contribution in [0.5, 0.6) is 5.75 Å². The Hall–Kier alpha value is -1.49. The molecular formula is C8H10N2O3. The number of rotatable bonds is 1. The molecule has 0 saturated heterocycles. The summed E-state index contributed by atoms with van der Waals surface area (Å²) >= 11 is 0. The quantitative estimate of drug-likeness (QED) is 0.577. The number of hydrogen-bond acceptors (Lipinski definition) is 5. The molecule has 3 N–H and O–H groups in total. The third kappa shape index (κ3) is 1.08. The van der Waals surface area contributed by atoms with Crippen LogP contribution in [0, 0.1) is 0 Å². The average molecular weight is 182 g/mol. The van der Waals surface area contributed by atoms with Crippen molar-refractivity contribution in [3.8, 4) is 5.75 Å². The summed E-state index contributed by atoms with van der Waals surface area (Å²) in [5.74, 6) is 0.115. The molecule has 0 amide bonds. The minimum absolute atomic E-state index is 0.104. The lowest BCUT2D eigenvalue weighted by Gasteiger charge is -2.20. The van der Waals surface area contributed by atoms with Gasteiger partial charge in [0.1, 0.15) is 11.8 Å². The Morgan fingerprint density at radius 1 is 1.77 bits per heavy atom. The van der Waals surface area contributed by atoms with E-state index in [0.717, 1.165) is 6.26 Å². The smallest absolute Gasteiger partial charge is 0.207 e. The molecular weight excluding hydrogens is 172 g/mol. The predicted octanol–water partition coefficient (Wildman–Crippen LogP) is 0.181. The number of Topliss-reactive ketones (excluding diaryl/α,β-unsaturated/α-hetero) is 1. The van der Waals surface area contributed by atoms with Gasteiger partial charge in [-0.3, -0.25) is 4.79 Å². The molecule has 5 nitrogen and oxygen atoms in total. The zero-order valence-electron chi connectivity index (χ0n) is 7.13. The highest BCUT2D eigenvalue weighted by atomic mass is 16.4. The van der Waals surface area contributed by atoms with Crippen LogP contribution in [-0.4, -0.2) is 30.5 Å². The van der Waals surface area contributed by atoms with Crippen LogP contribution in [0.1, 0.15) is 10.4 Å². The van der Waals surface area contributed by atoms with Crippen molar-refractivity contribution in [3.05, 3.63) is 11.8 Å². The zero-order valence-corrected chi connectivity index (χ0v) is 7.13. The third-order valence-electron chi connectivity index (χ3n) is 2.15. The van der Waals surface area contributed by atoms with Gasteiger partial charge in [-0.15, -0.1) is 0 Å². The van der Waals surface area contributed by atoms with Crippen molar-refractivity contribution in [2.45, 2.75) is 6.04 Å². The summed E-state index contributed by atoms with van der Waals surface area (Å²) in [5.41, 5.74) is 0.241. The number of anilines is 1. The first-order valence-corrected chi connectivity index (χ1v) is 4.00. The van der Waals surface area contributed by atoms with Gasteiger partial charge in [0.05, 0.1) is 6.04 Å². The Bertz CT molecular complexity index is 345. The summed E-state index contributed by atoms with van der Waals surface area (Å²) in [4.78, 5) is 11.6. The topological polar surface area (TPSA) is 74.5 Å². The average Bonchev–Trinajstić information content (AvgIpc) is 2.49. The van der Waals surface area contributed by atoms with E-state index in [9.17, 15) is 9.90 Å². The van der Waals surface area contributed by atoms with Crippen LogP contribution in [0.4, 0.5) is 5.88 Å². The van der Waals surface area contributed by atoms with Crippen LogP contribution < -0.4 is 10.6 Å². The van der Waals surface area contributed by atoms with Crippen molar-refractivity contribution >= 4 is 11.7 Å². The van der Waals surface area contributed by atoms with E-state index in [2.05, 4.69) is 10.6 Å². The normalized spacial score (nSPS) is 21.0. The Kier molecular flexibility index (Phi) is 1.73. The predicted molar refractivity (Wildman–Crippen MR) is 46.0 cm³/mol. The fourth-order valence-electron chi connectivity index (χ4n) is 1.41. The van der Waals surface area contributed by atoms with Crippen molar-refractivity contribution < 1.29 is 14.3 Å². The molecule has 1 aromatic heterocycles. The van der Waals surface area contributed by atoms with Gasteiger partial charge in [-0.1, -0.05) is 0 Å². The number of furan rings is 1. The van der Waals surface area contributed by atoms with Gasteiger partial charge in [0.15, 0.2) is 11.5 Å². The monoisotopic (exact) mass is 182 g/mol. The lowest BCUT2D eigenvalue weighted by atomic mass is 10.0. The molecule has 0 fully saturated rings. The van der Waals surface area contributed by atoms with Crippen LogP contribution >= 0.6 is 0 Å². The number of hydrogen-bond donors (Lipinski definition) is 3. The van der Waals surface area contributed by atoms with E-state index in [4.69, 9.17) is 4.42 Å². The van der Waals surface area contributed by atoms with E-state index >= 15 is 0 Å². The molecule has 0 aromatic carbocycles. The lowest BCUT2D eigenvalue weighted by molar-refractivity contribution is 0.0945. The summed E-state index contributed by atoms with van der Waals surface area (Å²) in [5, 5.41) is 15.0. The van der Waals surface area contributed by atoms with E-state index in [-0.39, 0.29) is 23.1 Å². The molecule has 5 heteroatoms. The summed E-state index contributed by atoms with van der Waals surface area (Å²) in [6.07, 6.45) is 1.16. The number of likely N-dealkylation sites (N-methyl/N-ethyl adjacent to an activating group) is 1. The molecule has 1 atom stereocenters. The number of fused-ring (bicyclic) bond motifs is 1. The molecule has 1 unspecified atom stereocenters. The molecule has 0 aliphatic carbocycles. The second-order valence-corrected chi connectivity index (χ2v) is 2.91.